The van der Waals surface area contributed by atoms with Gasteiger partial charge in [-0.1, -0.05) is 42.5 Å². The number of rotatable bonds is 10. The normalized spacial score (nSPS) is 14.3. The highest BCUT2D eigenvalue weighted by molar-refractivity contribution is 7.93. The average Bonchev–Trinajstić information content (AvgIpc) is 3.70. The van der Waals surface area contributed by atoms with E-state index in [9.17, 15) is 13.2 Å². The number of carbonyl (C=O) groups excluding carboxylic acids is 1. The van der Waals surface area contributed by atoms with Crippen LogP contribution in [-0.2, 0) is 34.4 Å². The molecule has 210 valence electrons. The van der Waals surface area contributed by atoms with Crippen molar-refractivity contribution in [3.05, 3.63) is 95.0 Å². The molecule has 1 saturated heterocycles. The second-order valence-corrected chi connectivity index (χ2v) is 12.6. The third kappa shape index (κ3) is 6.34. The molecule has 12 heteroatoms. The summed E-state index contributed by atoms with van der Waals surface area (Å²) in [6.07, 6.45) is 0.677. The number of thiazole rings is 1. The summed E-state index contributed by atoms with van der Waals surface area (Å²) in [7, 11) is -3.31. The van der Waals surface area contributed by atoms with Crippen LogP contribution in [0.2, 0.25) is 0 Å². The zero-order valence-corrected chi connectivity index (χ0v) is 23.7. The van der Waals surface area contributed by atoms with E-state index in [1.165, 1.54) is 15.6 Å². The van der Waals surface area contributed by atoms with E-state index in [0.717, 1.165) is 22.0 Å². The van der Waals surface area contributed by atoms with Gasteiger partial charge in [0.05, 0.1) is 29.1 Å². The Hall–Kier alpha value is -4.42. The number of benzene rings is 3. The molecular weight excluding hydrogens is 560 g/mol. The molecule has 1 aliphatic heterocycles. The molecule has 0 saturated carbocycles. The molecule has 6 rings (SSSR count). The van der Waals surface area contributed by atoms with Crippen LogP contribution in [0.3, 0.4) is 0 Å². The van der Waals surface area contributed by atoms with Crippen molar-refractivity contribution < 1.29 is 17.9 Å². The lowest BCUT2D eigenvalue weighted by molar-refractivity contribution is -0.115. The quantitative estimate of drug-likeness (QED) is 0.211. The lowest BCUT2D eigenvalue weighted by atomic mass is 10.2. The standard InChI is InChI=1S/C29H28N6O4S2/c36-27(32-28-25-16-23(9-12-26(25)33-34-28)35-13-4-14-41(35,37)38)15-22-19-40-29(31-22)30-17-20-7-10-24(11-8-20)39-18-21-5-2-1-3-6-21/h1-3,5-12,16,19H,4,13-15,17-18H2,(H,30,31)(H2,32,33,34,36). The van der Waals surface area contributed by atoms with Crippen molar-refractivity contribution >= 4 is 54.8 Å². The van der Waals surface area contributed by atoms with Gasteiger partial charge in [0, 0.05) is 23.9 Å². The van der Waals surface area contributed by atoms with Crippen molar-refractivity contribution in [1.82, 2.24) is 15.2 Å². The van der Waals surface area contributed by atoms with E-state index in [-0.39, 0.29) is 18.1 Å². The van der Waals surface area contributed by atoms with E-state index in [4.69, 9.17) is 4.74 Å². The Labute approximate surface area is 241 Å². The van der Waals surface area contributed by atoms with Crippen molar-refractivity contribution in [2.24, 2.45) is 0 Å². The monoisotopic (exact) mass is 588 g/mol. The maximum atomic E-state index is 12.8. The molecule has 0 unspecified atom stereocenters. The summed E-state index contributed by atoms with van der Waals surface area (Å²) in [5, 5.41) is 16.5. The number of fused-ring (bicyclic) bond motifs is 1. The van der Waals surface area contributed by atoms with Crippen LogP contribution in [0.4, 0.5) is 16.6 Å². The number of hydrogen-bond donors (Lipinski definition) is 3. The molecule has 3 heterocycles. The number of sulfonamides is 1. The Bertz CT molecular complexity index is 1770. The van der Waals surface area contributed by atoms with Crippen LogP contribution in [0.25, 0.3) is 10.9 Å². The van der Waals surface area contributed by atoms with Crippen molar-refractivity contribution in [2.45, 2.75) is 26.0 Å². The topological polar surface area (TPSA) is 129 Å². The Morgan fingerprint density at radius 3 is 2.66 bits per heavy atom. The van der Waals surface area contributed by atoms with Crippen LogP contribution in [-0.4, -0.2) is 41.8 Å². The van der Waals surface area contributed by atoms with Gasteiger partial charge in [-0.05, 0) is 47.9 Å². The van der Waals surface area contributed by atoms with Gasteiger partial charge in [0.15, 0.2) is 10.9 Å². The van der Waals surface area contributed by atoms with E-state index in [1.807, 2.05) is 60.0 Å². The summed E-state index contributed by atoms with van der Waals surface area (Å²) in [5.41, 5.74) is 4.11. The Morgan fingerprint density at radius 2 is 1.88 bits per heavy atom. The second kappa shape index (κ2) is 11.6. The van der Waals surface area contributed by atoms with Crippen LogP contribution >= 0.6 is 11.3 Å². The predicted octanol–water partition coefficient (Wildman–Crippen LogP) is 4.93. The highest BCUT2D eigenvalue weighted by atomic mass is 32.2. The molecule has 0 bridgehead atoms. The van der Waals surface area contributed by atoms with Crippen LogP contribution in [0, 0.1) is 0 Å². The third-order valence-corrected chi connectivity index (χ3v) is 9.42. The number of carbonyl (C=O) groups is 1. The minimum Gasteiger partial charge on any atom is -0.489 e. The van der Waals surface area contributed by atoms with E-state index in [1.54, 1.807) is 18.2 Å². The van der Waals surface area contributed by atoms with Gasteiger partial charge in [0.25, 0.3) is 0 Å². The summed E-state index contributed by atoms with van der Waals surface area (Å²) < 4.78 is 31.9. The van der Waals surface area contributed by atoms with E-state index in [0.29, 0.717) is 54.2 Å². The number of nitrogens with one attached hydrogen (secondary N) is 3. The maximum Gasteiger partial charge on any atom is 0.235 e. The molecule has 0 spiro atoms. The fourth-order valence-corrected chi connectivity index (χ4v) is 6.88. The first kappa shape index (κ1) is 26.8. The van der Waals surface area contributed by atoms with E-state index < -0.39 is 10.0 Å². The van der Waals surface area contributed by atoms with Gasteiger partial charge in [-0.25, -0.2) is 13.4 Å². The van der Waals surface area contributed by atoms with Gasteiger partial charge in [0.2, 0.25) is 15.9 Å². The van der Waals surface area contributed by atoms with Gasteiger partial charge in [0.1, 0.15) is 12.4 Å². The van der Waals surface area contributed by atoms with Crippen LogP contribution < -0.4 is 19.7 Å². The van der Waals surface area contributed by atoms with Crippen LogP contribution in [0.1, 0.15) is 23.2 Å². The van der Waals surface area contributed by atoms with Crippen molar-refractivity contribution in [1.29, 1.82) is 0 Å². The SMILES string of the molecule is O=C(Cc1csc(NCc2ccc(OCc3ccccc3)cc2)n1)Nc1n[nH]c2ccc(N3CCCS3(=O)=O)cc12. The average molecular weight is 589 g/mol. The molecule has 3 aromatic carbocycles. The molecular formula is C29H28N6O4S2. The number of aromatic nitrogens is 3. The number of ether oxygens (including phenoxy) is 1. The van der Waals surface area contributed by atoms with Gasteiger partial charge >= 0.3 is 0 Å². The molecule has 3 N–H and O–H groups in total. The molecule has 5 aromatic rings. The summed E-state index contributed by atoms with van der Waals surface area (Å²) in [4.78, 5) is 17.3. The van der Waals surface area contributed by atoms with Crippen LogP contribution in [0.15, 0.2) is 78.2 Å². The maximum absolute atomic E-state index is 12.8. The first-order chi connectivity index (χ1) is 19.9. The number of anilines is 3. The number of hydrogen-bond acceptors (Lipinski definition) is 8. The summed E-state index contributed by atoms with van der Waals surface area (Å²) in [6, 6.07) is 23.2. The second-order valence-electron chi connectivity index (χ2n) is 9.68. The highest BCUT2D eigenvalue weighted by Gasteiger charge is 2.28. The first-order valence-corrected chi connectivity index (χ1v) is 15.6. The molecule has 0 atom stereocenters. The van der Waals surface area contributed by atoms with Gasteiger partial charge < -0.3 is 15.4 Å². The lowest BCUT2D eigenvalue weighted by Gasteiger charge is -2.16. The van der Waals surface area contributed by atoms with Gasteiger partial charge in [-0.15, -0.1) is 11.3 Å². The Morgan fingerprint density at radius 1 is 1.05 bits per heavy atom. The summed E-state index contributed by atoms with van der Waals surface area (Å²) in [6.45, 7) is 1.56. The van der Waals surface area contributed by atoms with Crippen molar-refractivity contribution in [2.75, 3.05) is 27.2 Å². The molecule has 1 amide bonds. The third-order valence-electron chi connectivity index (χ3n) is 6.70. The lowest BCUT2D eigenvalue weighted by Crippen LogP contribution is -2.24. The van der Waals surface area contributed by atoms with Crippen molar-refractivity contribution in [3.63, 3.8) is 0 Å². The molecule has 2 aromatic heterocycles. The molecule has 0 radical (unpaired) electrons. The van der Waals surface area contributed by atoms with E-state index in [2.05, 4.69) is 25.8 Å². The predicted molar refractivity (Wildman–Crippen MR) is 161 cm³/mol. The number of amides is 1. The minimum atomic E-state index is -3.31. The highest BCUT2D eigenvalue weighted by Crippen LogP contribution is 2.30. The number of nitrogens with zero attached hydrogens (tertiary/aromatic N) is 3. The van der Waals surface area contributed by atoms with E-state index >= 15 is 0 Å². The zero-order valence-electron chi connectivity index (χ0n) is 22.0. The summed E-state index contributed by atoms with van der Waals surface area (Å²) >= 11 is 1.43. The fourth-order valence-electron chi connectivity index (χ4n) is 4.61. The molecule has 41 heavy (non-hydrogen) atoms. The van der Waals surface area contributed by atoms with Crippen LogP contribution in [0.5, 0.6) is 5.75 Å². The summed E-state index contributed by atoms with van der Waals surface area (Å²) in [5.74, 6) is 1.04. The number of aromatic amines is 1. The molecule has 10 nitrogen and oxygen atoms in total. The first-order valence-electron chi connectivity index (χ1n) is 13.2. The number of H-pyrrole nitrogens is 1. The molecule has 0 aliphatic carbocycles. The Kier molecular flexibility index (Phi) is 7.57. The smallest absolute Gasteiger partial charge is 0.235 e. The largest absolute Gasteiger partial charge is 0.489 e. The Balaban J connectivity index is 1.02. The minimum absolute atomic E-state index is 0.0835. The van der Waals surface area contributed by atoms with Gasteiger partial charge in [-0.2, -0.15) is 5.10 Å². The fraction of sp³-hybridized carbons (Fsp3) is 0.207. The molecule has 1 fully saturated rings. The van der Waals surface area contributed by atoms with Gasteiger partial charge in [-0.3, -0.25) is 14.2 Å². The zero-order chi connectivity index (χ0) is 28.2. The molecule has 1 aliphatic rings. The van der Waals surface area contributed by atoms with Crippen molar-refractivity contribution in [3.8, 4) is 5.75 Å².